The average molecular weight is 143 g/mol. The van der Waals surface area contributed by atoms with Crippen LogP contribution in [0.15, 0.2) is 12.4 Å². The molecule has 0 aromatic carbocycles. The van der Waals surface area contributed by atoms with Crippen molar-refractivity contribution in [2.45, 2.75) is 6.92 Å². The number of hydrogen-bond acceptors (Lipinski definition) is 2. The third-order valence-electron chi connectivity index (χ3n) is 1.71. The second-order valence-corrected chi connectivity index (χ2v) is 2.46. The van der Waals surface area contributed by atoms with Crippen molar-refractivity contribution in [2.24, 2.45) is 0 Å². The Balaban J connectivity index is 2.96. The van der Waals surface area contributed by atoms with E-state index in [4.69, 9.17) is 7.85 Å². The van der Waals surface area contributed by atoms with Crippen molar-refractivity contribution in [1.29, 1.82) is 0 Å². The molecular formula is C7H6BN3. The zero-order valence-electron chi connectivity index (χ0n) is 6.13. The number of aromatic nitrogens is 3. The van der Waals surface area contributed by atoms with Gasteiger partial charge in [0.15, 0.2) is 0 Å². The van der Waals surface area contributed by atoms with Gasteiger partial charge in [0.05, 0.1) is 17.4 Å². The minimum atomic E-state index is 0.666. The van der Waals surface area contributed by atoms with Crippen molar-refractivity contribution in [1.82, 2.24) is 15.2 Å². The number of aromatic amines is 1. The molecule has 0 amide bonds. The summed E-state index contributed by atoms with van der Waals surface area (Å²) in [6.07, 6.45) is 3.35. The quantitative estimate of drug-likeness (QED) is 0.529. The van der Waals surface area contributed by atoms with Crippen LogP contribution in [0.2, 0.25) is 0 Å². The molecule has 0 saturated heterocycles. The Morgan fingerprint density at radius 2 is 2.27 bits per heavy atom. The summed E-state index contributed by atoms with van der Waals surface area (Å²) < 4.78 is 0. The van der Waals surface area contributed by atoms with Gasteiger partial charge in [-0.3, -0.25) is 10.1 Å². The zero-order valence-corrected chi connectivity index (χ0v) is 6.13. The minimum absolute atomic E-state index is 0.666. The van der Waals surface area contributed by atoms with Gasteiger partial charge in [0.2, 0.25) is 0 Å². The van der Waals surface area contributed by atoms with Crippen LogP contribution in [0.5, 0.6) is 0 Å². The van der Waals surface area contributed by atoms with Crippen LogP contribution in [-0.2, 0) is 0 Å². The summed E-state index contributed by atoms with van der Waals surface area (Å²) >= 11 is 0. The molecule has 52 valence electrons. The molecule has 0 fully saturated rings. The molecule has 11 heavy (non-hydrogen) atoms. The predicted molar refractivity (Wildman–Crippen MR) is 44.0 cm³/mol. The van der Waals surface area contributed by atoms with E-state index in [9.17, 15) is 0 Å². The lowest BCUT2D eigenvalue weighted by Crippen LogP contribution is -2.04. The van der Waals surface area contributed by atoms with Gasteiger partial charge in [-0.05, 0) is 6.92 Å². The van der Waals surface area contributed by atoms with E-state index in [0.29, 0.717) is 5.46 Å². The summed E-state index contributed by atoms with van der Waals surface area (Å²) in [5.41, 5.74) is 2.51. The summed E-state index contributed by atoms with van der Waals surface area (Å²) in [6, 6.07) is 0. The molecule has 0 saturated carbocycles. The Bertz CT molecular complexity index is 357. The van der Waals surface area contributed by atoms with Crippen molar-refractivity contribution < 1.29 is 0 Å². The number of nitrogens with zero attached hydrogens (tertiary/aromatic N) is 2. The Kier molecular flexibility index (Phi) is 1.21. The molecule has 0 aliphatic heterocycles. The van der Waals surface area contributed by atoms with Crippen molar-refractivity contribution >= 4 is 24.2 Å². The lowest BCUT2D eigenvalue weighted by Gasteiger charge is -1.96. The van der Waals surface area contributed by atoms with Gasteiger partial charge in [0.25, 0.3) is 0 Å². The third kappa shape index (κ3) is 0.825. The highest BCUT2D eigenvalue weighted by atomic mass is 15.1. The number of rotatable bonds is 0. The Labute approximate surface area is 65.2 Å². The van der Waals surface area contributed by atoms with Crippen LogP contribution in [0.4, 0.5) is 0 Å². The van der Waals surface area contributed by atoms with Gasteiger partial charge in [-0.1, -0.05) is 5.46 Å². The Hall–Kier alpha value is -1.32. The molecule has 2 rings (SSSR count). The molecule has 2 radical (unpaired) electrons. The lowest BCUT2D eigenvalue weighted by molar-refractivity contribution is 1.10. The van der Waals surface area contributed by atoms with Crippen LogP contribution in [-0.4, -0.2) is 23.0 Å². The number of pyridine rings is 1. The Morgan fingerprint density at radius 1 is 1.45 bits per heavy atom. The number of H-pyrrole nitrogens is 1. The first-order valence-corrected chi connectivity index (χ1v) is 3.33. The average Bonchev–Trinajstić information content (AvgIpc) is 2.45. The van der Waals surface area contributed by atoms with E-state index >= 15 is 0 Å². The van der Waals surface area contributed by atoms with Crippen molar-refractivity contribution in [3.8, 4) is 0 Å². The predicted octanol–water partition coefficient (Wildman–Crippen LogP) is 0.0601. The summed E-state index contributed by atoms with van der Waals surface area (Å²) in [5.74, 6) is 0. The minimum Gasteiger partial charge on any atom is -0.276 e. The largest absolute Gasteiger partial charge is 0.276 e. The van der Waals surface area contributed by atoms with Gasteiger partial charge in [0, 0.05) is 11.6 Å². The molecule has 2 aromatic heterocycles. The monoisotopic (exact) mass is 143 g/mol. The summed E-state index contributed by atoms with van der Waals surface area (Å²) in [4.78, 5) is 4.08. The molecule has 3 nitrogen and oxygen atoms in total. The van der Waals surface area contributed by atoms with E-state index < -0.39 is 0 Å². The Morgan fingerprint density at radius 3 is 3.00 bits per heavy atom. The molecular weight excluding hydrogens is 137 g/mol. The maximum absolute atomic E-state index is 5.65. The van der Waals surface area contributed by atoms with E-state index in [-0.39, 0.29) is 0 Å². The normalized spacial score (nSPS) is 10.6. The SMILES string of the molecule is [B]c1cnc(C)c2[nH]ncc12. The van der Waals surface area contributed by atoms with Crippen molar-refractivity contribution in [3.63, 3.8) is 0 Å². The van der Waals surface area contributed by atoms with Crippen LogP contribution in [0.25, 0.3) is 10.9 Å². The highest BCUT2D eigenvalue weighted by Gasteiger charge is 2.01. The maximum atomic E-state index is 5.65. The molecule has 0 bridgehead atoms. The molecule has 4 heteroatoms. The summed E-state index contributed by atoms with van der Waals surface area (Å²) in [5, 5.41) is 7.66. The molecule has 2 heterocycles. The third-order valence-corrected chi connectivity index (χ3v) is 1.71. The summed E-state index contributed by atoms with van der Waals surface area (Å²) in [7, 11) is 5.65. The van der Waals surface area contributed by atoms with Crippen LogP contribution in [0, 0.1) is 6.92 Å². The fraction of sp³-hybridized carbons (Fsp3) is 0.143. The van der Waals surface area contributed by atoms with E-state index in [1.807, 2.05) is 6.92 Å². The first-order chi connectivity index (χ1) is 5.29. The summed E-state index contributed by atoms with van der Waals surface area (Å²) in [6.45, 7) is 1.92. The number of fused-ring (bicyclic) bond motifs is 1. The molecule has 0 unspecified atom stereocenters. The first kappa shape index (κ1) is 6.40. The van der Waals surface area contributed by atoms with Gasteiger partial charge in [0.1, 0.15) is 7.85 Å². The van der Waals surface area contributed by atoms with E-state index in [1.54, 1.807) is 12.4 Å². The fourth-order valence-corrected chi connectivity index (χ4v) is 1.08. The molecule has 0 aliphatic rings. The van der Waals surface area contributed by atoms with Crippen LogP contribution >= 0.6 is 0 Å². The van der Waals surface area contributed by atoms with Gasteiger partial charge in [-0.15, -0.1) is 0 Å². The smallest absolute Gasteiger partial charge is 0.116 e. The molecule has 2 aromatic rings. The van der Waals surface area contributed by atoms with Crippen molar-refractivity contribution in [2.75, 3.05) is 0 Å². The van der Waals surface area contributed by atoms with Crippen molar-refractivity contribution in [3.05, 3.63) is 18.1 Å². The number of hydrogen-bond donors (Lipinski definition) is 1. The maximum Gasteiger partial charge on any atom is 0.116 e. The van der Waals surface area contributed by atoms with Gasteiger partial charge >= 0.3 is 0 Å². The van der Waals surface area contributed by atoms with Crippen LogP contribution in [0.3, 0.4) is 0 Å². The van der Waals surface area contributed by atoms with Crippen LogP contribution < -0.4 is 5.46 Å². The first-order valence-electron chi connectivity index (χ1n) is 3.33. The molecule has 0 atom stereocenters. The standard InChI is InChI=1S/C7H6BN3/c1-4-7-5(2-10-11-7)6(8)3-9-4/h2-3H,1H3,(H,10,11). The fourth-order valence-electron chi connectivity index (χ4n) is 1.08. The number of nitrogens with one attached hydrogen (secondary N) is 1. The molecule has 0 spiro atoms. The van der Waals surface area contributed by atoms with E-state index in [2.05, 4.69) is 15.2 Å². The highest BCUT2D eigenvalue weighted by Crippen LogP contribution is 2.08. The highest BCUT2D eigenvalue weighted by molar-refractivity contribution is 6.38. The lowest BCUT2D eigenvalue weighted by atomic mass is 9.95. The van der Waals surface area contributed by atoms with Gasteiger partial charge in [-0.2, -0.15) is 5.10 Å². The second-order valence-electron chi connectivity index (χ2n) is 2.46. The second kappa shape index (κ2) is 2.08. The molecule has 0 aliphatic carbocycles. The van der Waals surface area contributed by atoms with E-state index in [0.717, 1.165) is 16.6 Å². The van der Waals surface area contributed by atoms with Gasteiger partial charge in [-0.25, -0.2) is 0 Å². The zero-order chi connectivity index (χ0) is 7.84. The van der Waals surface area contributed by atoms with E-state index in [1.165, 1.54) is 0 Å². The van der Waals surface area contributed by atoms with Gasteiger partial charge < -0.3 is 0 Å². The van der Waals surface area contributed by atoms with Crippen LogP contribution in [0.1, 0.15) is 5.69 Å². The topological polar surface area (TPSA) is 41.6 Å². The molecule has 1 N–H and O–H groups in total. The number of aryl methyl sites for hydroxylation is 1.